The minimum absolute atomic E-state index is 0.0487. The molecule has 20 heteroatoms. The number of nitrogens with zero attached hydrogens (tertiary/aromatic N) is 7. The van der Waals surface area contributed by atoms with Crippen molar-refractivity contribution < 1.29 is 49.0 Å². The van der Waals surface area contributed by atoms with Crippen LogP contribution in [-0.2, 0) is 49.5 Å². The van der Waals surface area contributed by atoms with E-state index in [1.54, 1.807) is 24.3 Å². The summed E-state index contributed by atoms with van der Waals surface area (Å²) in [5.41, 5.74) is -6.08. The zero-order chi connectivity index (χ0) is 35.7. The second kappa shape index (κ2) is 13.6. The molecule has 4 aromatic rings. The summed E-state index contributed by atoms with van der Waals surface area (Å²) in [4.78, 5) is 21.4. The molecule has 11 nitrogen and oxygen atoms in total. The van der Waals surface area contributed by atoms with E-state index in [0.29, 0.717) is 28.4 Å². The first-order chi connectivity index (χ1) is 23.0. The fourth-order valence-corrected chi connectivity index (χ4v) is 5.13. The van der Waals surface area contributed by atoms with Crippen molar-refractivity contribution in [3.8, 4) is 5.75 Å². The van der Waals surface area contributed by atoms with Crippen LogP contribution in [0, 0.1) is 0 Å². The molecule has 4 heterocycles. The minimum atomic E-state index is -5.07. The maximum atomic E-state index is 14.2. The highest BCUT2D eigenvalue weighted by atomic mass is 19.4. The number of benzene rings is 1. The van der Waals surface area contributed by atoms with Gasteiger partial charge in [0, 0.05) is 25.0 Å². The second-order valence-corrected chi connectivity index (χ2v) is 11.0. The average molecular weight is 707 g/mol. The maximum Gasteiger partial charge on any atom is 0.423 e. The zero-order valence-corrected chi connectivity index (χ0v) is 25.6. The van der Waals surface area contributed by atoms with Gasteiger partial charge in [0.25, 0.3) is 5.56 Å². The molecule has 264 valence electrons. The number of hydrogen-bond acceptors (Lipinski definition) is 9. The van der Waals surface area contributed by atoms with E-state index >= 15 is 0 Å². The molecule has 1 aromatic carbocycles. The Labute approximate surface area is 271 Å². The van der Waals surface area contributed by atoms with Gasteiger partial charge in [0.05, 0.1) is 63.1 Å². The molecule has 0 amide bonds. The number of fused-ring (bicyclic) bond motifs is 1. The van der Waals surface area contributed by atoms with Crippen LogP contribution in [0.15, 0.2) is 47.7 Å². The van der Waals surface area contributed by atoms with E-state index < -0.39 is 78.0 Å². The molecule has 0 aliphatic carbocycles. The lowest BCUT2D eigenvalue weighted by molar-refractivity contribution is -0.140. The Hall–Kier alpha value is -4.88. The van der Waals surface area contributed by atoms with Crippen molar-refractivity contribution in [2.24, 2.45) is 0 Å². The molecule has 49 heavy (non-hydrogen) atoms. The zero-order valence-electron chi connectivity index (χ0n) is 25.6. The number of ether oxygens (including phenoxy) is 2. The van der Waals surface area contributed by atoms with Crippen LogP contribution in [0.3, 0.4) is 0 Å². The molecule has 1 atom stereocenters. The van der Waals surface area contributed by atoms with Crippen LogP contribution >= 0.6 is 0 Å². The monoisotopic (exact) mass is 706 g/mol. The van der Waals surface area contributed by atoms with Crippen LogP contribution < -0.4 is 20.5 Å². The first-order valence-electron chi connectivity index (χ1n) is 14.4. The van der Waals surface area contributed by atoms with Gasteiger partial charge in [0.15, 0.2) is 0 Å². The van der Waals surface area contributed by atoms with Crippen LogP contribution in [0.5, 0.6) is 5.75 Å². The highest BCUT2D eigenvalue weighted by Gasteiger charge is 2.42. The summed E-state index contributed by atoms with van der Waals surface area (Å²) in [7, 11) is 1.44. The Morgan fingerprint density at radius 2 is 1.55 bits per heavy atom. The summed E-state index contributed by atoms with van der Waals surface area (Å²) in [5, 5.41) is 10.4. The Bertz CT molecular complexity index is 1820. The van der Waals surface area contributed by atoms with Crippen LogP contribution in [0.1, 0.15) is 40.6 Å². The number of nitrogens with one attached hydrogen (secondary N) is 1. The highest BCUT2D eigenvalue weighted by molar-refractivity contribution is 5.50. The maximum absolute atomic E-state index is 14.2. The first kappa shape index (κ1) is 35.4. The molecule has 1 aliphatic rings. The number of aromatic nitrogens is 6. The van der Waals surface area contributed by atoms with Crippen molar-refractivity contribution in [3.05, 3.63) is 86.9 Å². The molecular weight excluding hydrogens is 679 g/mol. The van der Waals surface area contributed by atoms with E-state index in [2.05, 4.69) is 25.5 Å². The lowest BCUT2D eigenvalue weighted by atomic mass is 10.1. The fourth-order valence-electron chi connectivity index (χ4n) is 5.13. The van der Waals surface area contributed by atoms with Crippen LogP contribution in [0.25, 0.3) is 0 Å². The molecule has 5 rings (SSSR count). The summed E-state index contributed by atoms with van der Waals surface area (Å²) in [6.45, 7) is -0.361. The summed E-state index contributed by atoms with van der Waals surface area (Å²) in [5.74, 6) is 0.309. The molecule has 0 spiro atoms. The van der Waals surface area contributed by atoms with E-state index in [1.807, 2.05) is 0 Å². The summed E-state index contributed by atoms with van der Waals surface area (Å²) in [6, 6.07) is 5.35. The number of anilines is 2. The van der Waals surface area contributed by atoms with E-state index in [1.165, 1.54) is 18.9 Å². The van der Waals surface area contributed by atoms with E-state index in [0.717, 1.165) is 10.9 Å². The number of halogens is 9. The van der Waals surface area contributed by atoms with E-state index in [4.69, 9.17) is 9.47 Å². The van der Waals surface area contributed by atoms with Gasteiger partial charge in [0.2, 0.25) is 5.95 Å². The molecule has 0 saturated heterocycles. The van der Waals surface area contributed by atoms with Crippen molar-refractivity contribution in [1.29, 1.82) is 0 Å². The molecule has 1 N–H and O–H groups in total. The van der Waals surface area contributed by atoms with Gasteiger partial charge in [-0.15, -0.1) is 0 Å². The Balaban J connectivity index is 1.27. The standard InChI is InChI=1S/C29H27F9N8O3/c1-16(42-20-11-41-46(25(47)24(20)29(36,37)38)12-17-3-5-19(48-2)6-4-17)14-49-15-21-23(28(33,34)35)22-13-44(7-8-45(22)43-21)26-39-9-18(10-40-26)27(30,31)32/h3-6,9-11,16,42H,7-8,12-15H2,1-2H3. The summed E-state index contributed by atoms with van der Waals surface area (Å²) in [6.07, 6.45) is -12.8. The third-order valence-electron chi connectivity index (χ3n) is 7.41. The number of rotatable bonds is 10. The fraction of sp³-hybridized carbons (Fsp3) is 0.414. The molecule has 1 unspecified atom stereocenters. The average Bonchev–Trinajstić information content (AvgIpc) is 3.40. The van der Waals surface area contributed by atoms with Crippen molar-refractivity contribution in [2.45, 2.75) is 57.7 Å². The lowest BCUT2D eigenvalue weighted by Gasteiger charge is -2.28. The number of methoxy groups -OCH3 is 1. The Kier molecular flexibility index (Phi) is 9.80. The van der Waals surface area contributed by atoms with E-state index in [9.17, 15) is 44.3 Å². The van der Waals surface area contributed by atoms with Crippen molar-refractivity contribution in [3.63, 3.8) is 0 Å². The first-order valence-corrected chi connectivity index (χ1v) is 14.4. The van der Waals surface area contributed by atoms with Gasteiger partial charge in [-0.3, -0.25) is 9.48 Å². The summed E-state index contributed by atoms with van der Waals surface area (Å²) >= 11 is 0. The van der Waals surface area contributed by atoms with Crippen LogP contribution in [0.4, 0.5) is 51.1 Å². The van der Waals surface area contributed by atoms with Gasteiger partial charge in [-0.2, -0.15) is 49.7 Å². The summed E-state index contributed by atoms with van der Waals surface area (Å²) < 4.78 is 136. The van der Waals surface area contributed by atoms with Gasteiger partial charge >= 0.3 is 18.5 Å². The normalized spacial score (nSPS) is 14.5. The van der Waals surface area contributed by atoms with Crippen molar-refractivity contribution >= 4 is 11.6 Å². The number of alkyl halides is 9. The topological polar surface area (TPSA) is 112 Å². The van der Waals surface area contributed by atoms with Gasteiger partial charge in [-0.1, -0.05) is 12.1 Å². The predicted molar refractivity (Wildman–Crippen MR) is 154 cm³/mol. The van der Waals surface area contributed by atoms with Gasteiger partial charge in [-0.05, 0) is 24.6 Å². The molecule has 1 aliphatic heterocycles. The molecule has 0 radical (unpaired) electrons. The van der Waals surface area contributed by atoms with Crippen LogP contribution in [-0.4, -0.2) is 55.8 Å². The highest BCUT2D eigenvalue weighted by Crippen LogP contribution is 2.38. The number of hydrogen-bond donors (Lipinski definition) is 1. The minimum Gasteiger partial charge on any atom is -0.497 e. The quantitative estimate of drug-likeness (QED) is 0.217. The van der Waals surface area contributed by atoms with Crippen molar-refractivity contribution in [2.75, 3.05) is 30.5 Å². The lowest BCUT2D eigenvalue weighted by Crippen LogP contribution is -2.36. The Morgan fingerprint density at radius 1 is 0.898 bits per heavy atom. The van der Waals surface area contributed by atoms with Gasteiger partial charge in [0.1, 0.15) is 22.6 Å². The Morgan fingerprint density at radius 3 is 2.14 bits per heavy atom. The SMILES string of the molecule is COc1ccc(Cn2ncc(NC(C)COCc3nn4c(c3C(F)(F)F)CN(c3ncc(C(F)(F)F)cn3)CC4)c(C(F)(F)F)c2=O)cc1. The van der Waals surface area contributed by atoms with E-state index in [-0.39, 0.29) is 31.3 Å². The smallest absolute Gasteiger partial charge is 0.423 e. The van der Waals surface area contributed by atoms with Crippen LogP contribution in [0.2, 0.25) is 0 Å². The second-order valence-electron chi connectivity index (χ2n) is 11.0. The molecule has 0 fully saturated rings. The molecular formula is C29H27F9N8O3. The third kappa shape index (κ3) is 8.06. The van der Waals surface area contributed by atoms with Gasteiger partial charge in [-0.25, -0.2) is 14.6 Å². The largest absolute Gasteiger partial charge is 0.497 e. The molecule has 3 aromatic heterocycles. The predicted octanol–water partition coefficient (Wildman–Crippen LogP) is 5.38. The van der Waals surface area contributed by atoms with Crippen molar-refractivity contribution in [1.82, 2.24) is 29.5 Å². The molecule has 0 saturated carbocycles. The van der Waals surface area contributed by atoms with Gasteiger partial charge < -0.3 is 19.7 Å². The third-order valence-corrected chi connectivity index (χ3v) is 7.41. The molecule has 0 bridgehead atoms.